The Kier molecular flexibility index (Phi) is 4.42. The molecule has 3 rings (SSSR count). The molecule has 23 heavy (non-hydrogen) atoms. The summed E-state index contributed by atoms with van der Waals surface area (Å²) in [6.45, 7) is 0. The van der Waals surface area contributed by atoms with Gasteiger partial charge in [-0.25, -0.2) is 0 Å². The first-order valence-electron chi connectivity index (χ1n) is 7.93. The quantitative estimate of drug-likeness (QED) is 0.911. The predicted molar refractivity (Wildman–Crippen MR) is 90.4 cm³/mol. The van der Waals surface area contributed by atoms with Crippen molar-refractivity contribution in [2.45, 2.75) is 32.1 Å². The van der Waals surface area contributed by atoms with Crippen LogP contribution in [0.1, 0.15) is 39.9 Å². The van der Waals surface area contributed by atoms with Crippen molar-refractivity contribution in [3.8, 4) is 0 Å². The van der Waals surface area contributed by atoms with Gasteiger partial charge in [-0.3, -0.25) is 9.59 Å². The van der Waals surface area contributed by atoms with Crippen molar-refractivity contribution >= 4 is 17.5 Å². The molecule has 0 spiro atoms. The lowest BCUT2D eigenvalue weighted by molar-refractivity contribution is -0.117. The fourth-order valence-electron chi connectivity index (χ4n) is 3.05. The molecule has 0 saturated heterocycles. The van der Waals surface area contributed by atoms with Gasteiger partial charge in [0.05, 0.1) is 6.42 Å². The molecule has 118 valence electrons. The molecule has 0 aromatic heterocycles. The van der Waals surface area contributed by atoms with Gasteiger partial charge >= 0.3 is 0 Å². The van der Waals surface area contributed by atoms with Crippen LogP contribution in [0.2, 0.25) is 0 Å². The maximum atomic E-state index is 12.5. The smallest absolute Gasteiger partial charge is 0.255 e. The fourth-order valence-corrected chi connectivity index (χ4v) is 3.05. The number of rotatable bonds is 4. The van der Waals surface area contributed by atoms with Gasteiger partial charge < -0.3 is 11.1 Å². The molecule has 0 saturated carbocycles. The van der Waals surface area contributed by atoms with Crippen LogP contribution in [-0.4, -0.2) is 11.8 Å². The van der Waals surface area contributed by atoms with E-state index in [1.165, 1.54) is 24.0 Å². The van der Waals surface area contributed by atoms with Crippen molar-refractivity contribution in [2.75, 3.05) is 5.32 Å². The number of fused-ring (bicyclic) bond motifs is 1. The normalized spacial score (nSPS) is 13.2. The first-order chi connectivity index (χ1) is 11.1. The van der Waals surface area contributed by atoms with E-state index < -0.39 is 5.91 Å². The Hall–Kier alpha value is -2.62. The molecule has 1 aliphatic carbocycles. The topological polar surface area (TPSA) is 72.2 Å². The maximum absolute atomic E-state index is 12.5. The summed E-state index contributed by atoms with van der Waals surface area (Å²) in [5.74, 6) is -0.573. The number of hydrogen-bond acceptors (Lipinski definition) is 2. The number of benzene rings is 2. The number of carbonyl (C=O) groups excluding carboxylic acids is 2. The zero-order valence-electron chi connectivity index (χ0n) is 13.0. The minimum Gasteiger partial charge on any atom is -0.369 e. The maximum Gasteiger partial charge on any atom is 0.255 e. The van der Waals surface area contributed by atoms with E-state index in [-0.39, 0.29) is 12.3 Å². The summed E-state index contributed by atoms with van der Waals surface area (Å²) in [5, 5.41) is 2.89. The van der Waals surface area contributed by atoms with Gasteiger partial charge in [-0.05, 0) is 60.6 Å². The molecule has 4 heteroatoms. The highest BCUT2D eigenvalue weighted by atomic mass is 16.2. The Balaban J connectivity index is 1.81. The highest BCUT2D eigenvalue weighted by Crippen LogP contribution is 2.23. The molecule has 2 aromatic carbocycles. The number of hydrogen-bond donors (Lipinski definition) is 2. The highest BCUT2D eigenvalue weighted by Gasteiger charge is 2.14. The summed E-state index contributed by atoms with van der Waals surface area (Å²) < 4.78 is 0. The molecule has 0 unspecified atom stereocenters. The lowest BCUT2D eigenvalue weighted by Gasteiger charge is -2.17. The number of carbonyl (C=O) groups is 2. The first kappa shape index (κ1) is 15.3. The van der Waals surface area contributed by atoms with Gasteiger partial charge in [0, 0.05) is 11.3 Å². The molecule has 0 fully saturated rings. The van der Waals surface area contributed by atoms with Crippen LogP contribution in [0, 0.1) is 0 Å². The Morgan fingerprint density at radius 2 is 1.74 bits per heavy atom. The number of nitrogens with two attached hydrogens (primary N) is 1. The summed E-state index contributed by atoms with van der Waals surface area (Å²) in [6, 6.07) is 13.1. The van der Waals surface area contributed by atoms with Crippen molar-refractivity contribution < 1.29 is 9.59 Å². The standard InChI is InChI=1S/C19H20N2O2/c20-18(22)12-15-7-3-4-8-17(15)21-19(23)16-10-9-13-5-1-2-6-14(13)11-16/h3-4,7-11H,1-2,5-6,12H2,(H2,20,22)(H,21,23). The molecule has 0 bridgehead atoms. The molecular formula is C19H20N2O2. The van der Waals surface area contributed by atoms with Gasteiger partial charge in [0.2, 0.25) is 5.91 Å². The summed E-state index contributed by atoms with van der Waals surface area (Å²) in [7, 11) is 0. The van der Waals surface area contributed by atoms with Crippen LogP contribution in [0.15, 0.2) is 42.5 Å². The Bertz CT molecular complexity index is 753. The zero-order valence-corrected chi connectivity index (χ0v) is 13.0. The van der Waals surface area contributed by atoms with Gasteiger partial charge in [-0.2, -0.15) is 0 Å². The second-order valence-corrected chi connectivity index (χ2v) is 5.94. The highest BCUT2D eigenvalue weighted by molar-refractivity contribution is 6.05. The molecule has 2 aromatic rings. The van der Waals surface area contributed by atoms with E-state index in [1.807, 2.05) is 24.3 Å². The van der Waals surface area contributed by atoms with Crippen LogP contribution in [0.3, 0.4) is 0 Å². The molecule has 1 aliphatic rings. The van der Waals surface area contributed by atoms with Gasteiger partial charge in [-0.15, -0.1) is 0 Å². The number of para-hydroxylation sites is 1. The van der Waals surface area contributed by atoms with Crippen LogP contribution in [0.4, 0.5) is 5.69 Å². The van der Waals surface area contributed by atoms with Crippen molar-refractivity contribution in [1.29, 1.82) is 0 Å². The SMILES string of the molecule is NC(=O)Cc1ccccc1NC(=O)c1ccc2c(c1)CCCC2. The van der Waals surface area contributed by atoms with Crippen molar-refractivity contribution in [3.63, 3.8) is 0 Å². The molecule has 0 heterocycles. The van der Waals surface area contributed by atoms with Gasteiger partial charge in [-0.1, -0.05) is 24.3 Å². The molecule has 3 N–H and O–H groups in total. The second-order valence-electron chi connectivity index (χ2n) is 5.94. The van der Waals surface area contributed by atoms with E-state index in [4.69, 9.17) is 5.73 Å². The van der Waals surface area contributed by atoms with E-state index in [2.05, 4.69) is 11.4 Å². The lowest BCUT2D eigenvalue weighted by Crippen LogP contribution is -2.18. The number of amides is 2. The molecule has 0 aliphatic heterocycles. The van der Waals surface area contributed by atoms with Crippen LogP contribution >= 0.6 is 0 Å². The van der Waals surface area contributed by atoms with E-state index in [0.717, 1.165) is 18.4 Å². The third kappa shape index (κ3) is 3.59. The predicted octanol–water partition coefficient (Wildman–Crippen LogP) is 2.85. The van der Waals surface area contributed by atoms with E-state index in [1.54, 1.807) is 12.1 Å². The third-order valence-corrected chi connectivity index (χ3v) is 4.24. The lowest BCUT2D eigenvalue weighted by atomic mass is 9.90. The van der Waals surface area contributed by atoms with E-state index in [9.17, 15) is 9.59 Å². The van der Waals surface area contributed by atoms with Gasteiger partial charge in [0.1, 0.15) is 0 Å². The third-order valence-electron chi connectivity index (χ3n) is 4.24. The summed E-state index contributed by atoms with van der Waals surface area (Å²) in [4.78, 5) is 23.7. The molecule has 0 radical (unpaired) electrons. The van der Waals surface area contributed by atoms with Crippen LogP contribution in [0.5, 0.6) is 0 Å². The monoisotopic (exact) mass is 308 g/mol. The minimum absolute atomic E-state index is 0.112. The molecule has 4 nitrogen and oxygen atoms in total. The largest absolute Gasteiger partial charge is 0.369 e. The number of primary amides is 1. The summed E-state index contributed by atoms with van der Waals surface area (Å²) in [6.07, 6.45) is 4.65. The Labute approximate surface area is 135 Å². The summed E-state index contributed by atoms with van der Waals surface area (Å²) in [5.41, 5.74) is 9.90. The Morgan fingerprint density at radius 1 is 1.00 bits per heavy atom. The van der Waals surface area contributed by atoms with Crippen LogP contribution in [-0.2, 0) is 24.1 Å². The van der Waals surface area contributed by atoms with E-state index >= 15 is 0 Å². The molecule has 0 atom stereocenters. The van der Waals surface area contributed by atoms with Gasteiger partial charge in [0.15, 0.2) is 0 Å². The van der Waals surface area contributed by atoms with Gasteiger partial charge in [0.25, 0.3) is 5.91 Å². The second kappa shape index (κ2) is 6.65. The first-order valence-corrected chi connectivity index (χ1v) is 7.93. The summed E-state index contributed by atoms with van der Waals surface area (Å²) >= 11 is 0. The number of aryl methyl sites for hydroxylation is 2. The fraction of sp³-hybridized carbons (Fsp3) is 0.263. The number of nitrogens with one attached hydrogen (secondary N) is 1. The Morgan fingerprint density at radius 3 is 2.52 bits per heavy atom. The van der Waals surface area contributed by atoms with Crippen molar-refractivity contribution in [2.24, 2.45) is 5.73 Å². The minimum atomic E-state index is -0.416. The number of anilines is 1. The average molecular weight is 308 g/mol. The van der Waals surface area contributed by atoms with Crippen molar-refractivity contribution in [1.82, 2.24) is 0 Å². The molecular weight excluding hydrogens is 288 g/mol. The average Bonchev–Trinajstić information content (AvgIpc) is 2.55. The zero-order chi connectivity index (χ0) is 16.2. The van der Waals surface area contributed by atoms with Crippen LogP contribution < -0.4 is 11.1 Å². The molecule has 2 amide bonds. The van der Waals surface area contributed by atoms with Crippen molar-refractivity contribution in [3.05, 3.63) is 64.7 Å². The van der Waals surface area contributed by atoms with E-state index in [0.29, 0.717) is 11.3 Å². The van der Waals surface area contributed by atoms with Crippen LogP contribution in [0.25, 0.3) is 0 Å².